The first-order chi connectivity index (χ1) is 14.5. The van der Waals surface area contributed by atoms with Crippen molar-refractivity contribution in [2.75, 3.05) is 7.11 Å². The number of aromatic nitrogens is 1. The van der Waals surface area contributed by atoms with Crippen molar-refractivity contribution in [3.05, 3.63) is 91.4 Å². The van der Waals surface area contributed by atoms with Crippen LogP contribution < -0.4 is 20.8 Å². The Morgan fingerprint density at radius 1 is 1.30 bits per heavy atom. The summed E-state index contributed by atoms with van der Waals surface area (Å²) in [4.78, 5) is 14.4. The summed E-state index contributed by atoms with van der Waals surface area (Å²) in [5.41, 5.74) is 8.48. The highest BCUT2D eigenvalue weighted by atomic mass is 32.1. The van der Waals surface area contributed by atoms with Gasteiger partial charge in [0, 0.05) is 23.2 Å². The molecule has 7 heteroatoms. The summed E-state index contributed by atoms with van der Waals surface area (Å²) in [5, 5.41) is 11.6. The normalized spacial score (nSPS) is 15.3. The van der Waals surface area contributed by atoms with Crippen LogP contribution in [0.5, 0.6) is 11.5 Å². The van der Waals surface area contributed by atoms with Gasteiger partial charge in [0.2, 0.25) is 5.88 Å². The molecule has 30 heavy (non-hydrogen) atoms. The third-order valence-corrected chi connectivity index (χ3v) is 6.24. The van der Waals surface area contributed by atoms with Gasteiger partial charge < -0.3 is 19.8 Å². The van der Waals surface area contributed by atoms with E-state index in [0.29, 0.717) is 24.3 Å². The molecule has 0 radical (unpaired) electrons. The van der Waals surface area contributed by atoms with Gasteiger partial charge in [-0.3, -0.25) is 4.79 Å². The molecule has 2 N–H and O–H groups in total. The molecule has 6 nitrogen and oxygen atoms in total. The van der Waals surface area contributed by atoms with Gasteiger partial charge in [-0.2, -0.15) is 5.26 Å². The minimum absolute atomic E-state index is 0.0539. The number of methoxy groups -OCH3 is 1. The largest absolute Gasteiger partial charge is 0.497 e. The molecule has 0 saturated carbocycles. The van der Waals surface area contributed by atoms with Crippen LogP contribution in [0.4, 0.5) is 0 Å². The fourth-order valence-electron chi connectivity index (χ4n) is 3.74. The molecule has 3 heterocycles. The van der Waals surface area contributed by atoms with E-state index in [4.69, 9.17) is 15.2 Å². The number of thiophene rings is 1. The third kappa shape index (κ3) is 3.46. The predicted molar refractivity (Wildman–Crippen MR) is 116 cm³/mol. The Balaban J connectivity index is 1.75. The quantitative estimate of drug-likeness (QED) is 0.681. The molecular weight excluding hydrogens is 398 g/mol. The Kier molecular flexibility index (Phi) is 5.34. The highest BCUT2D eigenvalue weighted by Crippen LogP contribution is 2.41. The first-order valence-corrected chi connectivity index (χ1v) is 10.4. The summed E-state index contributed by atoms with van der Waals surface area (Å²) in [6.45, 7) is 2.39. The standard InChI is InChI=1S/C23H21N3O3S/c1-14-12-18-21(20(19-4-3-11-30-19)17(13-24)22(25)29-18)23(27)26(14)10-9-15-5-7-16(28-2)8-6-15/h3-8,11-12,20H,9-10,25H2,1-2H3/t20-/m1/s1. The van der Waals surface area contributed by atoms with Crippen molar-refractivity contribution in [1.82, 2.24) is 4.57 Å². The van der Waals surface area contributed by atoms with E-state index in [1.807, 2.05) is 54.8 Å². The molecule has 0 spiro atoms. The Morgan fingerprint density at radius 2 is 2.07 bits per heavy atom. The van der Waals surface area contributed by atoms with Crippen LogP contribution in [-0.4, -0.2) is 11.7 Å². The number of allylic oxidation sites excluding steroid dienone is 1. The molecule has 152 valence electrons. The van der Waals surface area contributed by atoms with E-state index in [0.717, 1.165) is 21.9 Å². The zero-order valence-electron chi connectivity index (χ0n) is 16.7. The summed E-state index contributed by atoms with van der Waals surface area (Å²) in [6, 6.07) is 15.6. The van der Waals surface area contributed by atoms with Gasteiger partial charge >= 0.3 is 0 Å². The number of nitrogens with two attached hydrogens (primary N) is 1. The second-order valence-electron chi connectivity index (χ2n) is 7.06. The van der Waals surface area contributed by atoms with Crippen molar-refractivity contribution in [2.24, 2.45) is 5.73 Å². The SMILES string of the molecule is COc1ccc(CCn2c(C)cc3c(c2=O)[C@@H](c2cccs2)C(C#N)=C(N)O3)cc1. The maximum atomic E-state index is 13.5. The van der Waals surface area contributed by atoms with Gasteiger partial charge in [0.05, 0.1) is 18.6 Å². The fourth-order valence-corrected chi connectivity index (χ4v) is 4.58. The topological polar surface area (TPSA) is 90.3 Å². The Hall–Kier alpha value is -3.50. The van der Waals surface area contributed by atoms with Crippen LogP contribution in [0.1, 0.15) is 27.6 Å². The zero-order chi connectivity index (χ0) is 21.3. The highest BCUT2D eigenvalue weighted by molar-refractivity contribution is 7.10. The molecule has 1 atom stereocenters. The van der Waals surface area contributed by atoms with Crippen LogP contribution >= 0.6 is 11.3 Å². The number of ether oxygens (including phenoxy) is 2. The molecule has 2 aromatic heterocycles. The van der Waals surface area contributed by atoms with E-state index in [2.05, 4.69) is 6.07 Å². The van der Waals surface area contributed by atoms with Gasteiger partial charge in [-0.1, -0.05) is 18.2 Å². The molecule has 0 amide bonds. The minimum Gasteiger partial charge on any atom is -0.497 e. The molecule has 4 rings (SSSR count). The van der Waals surface area contributed by atoms with E-state index in [9.17, 15) is 10.1 Å². The van der Waals surface area contributed by atoms with Crippen LogP contribution in [-0.2, 0) is 13.0 Å². The zero-order valence-corrected chi connectivity index (χ0v) is 17.5. The Bertz CT molecular complexity index is 1200. The van der Waals surface area contributed by atoms with E-state index in [1.165, 1.54) is 11.3 Å². The van der Waals surface area contributed by atoms with E-state index in [1.54, 1.807) is 11.7 Å². The van der Waals surface area contributed by atoms with Crippen LogP contribution in [0.25, 0.3) is 0 Å². The molecule has 0 fully saturated rings. The van der Waals surface area contributed by atoms with Gasteiger partial charge in [0.15, 0.2) is 0 Å². The molecule has 1 aliphatic heterocycles. The first kappa shape index (κ1) is 19.8. The summed E-state index contributed by atoms with van der Waals surface area (Å²) in [5.74, 6) is 0.760. The number of pyridine rings is 1. The van der Waals surface area contributed by atoms with Crippen LogP contribution in [0, 0.1) is 18.3 Å². The van der Waals surface area contributed by atoms with Crippen molar-refractivity contribution in [3.8, 4) is 17.6 Å². The number of fused-ring (bicyclic) bond motifs is 1. The highest BCUT2D eigenvalue weighted by Gasteiger charge is 2.34. The number of hydrogen-bond donors (Lipinski definition) is 1. The second kappa shape index (κ2) is 8.09. The average molecular weight is 420 g/mol. The van der Waals surface area contributed by atoms with E-state index in [-0.39, 0.29) is 17.0 Å². The van der Waals surface area contributed by atoms with Gasteiger partial charge in [-0.05, 0) is 42.5 Å². The lowest BCUT2D eigenvalue weighted by molar-refractivity contribution is 0.388. The molecule has 1 aliphatic rings. The monoisotopic (exact) mass is 419 g/mol. The first-order valence-electron chi connectivity index (χ1n) is 9.51. The van der Waals surface area contributed by atoms with Crippen LogP contribution in [0.3, 0.4) is 0 Å². The average Bonchev–Trinajstić information content (AvgIpc) is 3.27. The number of rotatable bonds is 5. The number of aryl methyl sites for hydroxylation is 2. The van der Waals surface area contributed by atoms with Gasteiger partial charge in [-0.25, -0.2) is 0 Å². The predicted octanol–water partition coefficient (Wildman–Crippen LogP) is 3.69. The molecule has 1 aromatic carbocycles. The molecule has 0 bridgehead atoms. The molecular formula is C23H21N3O3S. The van der Waals surface area contributed by atoms with Crippen LogP contribution in [0.15, 0.2) is 64.1 Å². The van der Waals surface area contributed by atoms with Gasteiger partial charge in [-0.15, -0.1) is 11.3 Å². The van der Waals surface area contributed by atoms with Crippen molar-refractivity contribution in [3.63, 3.8) is 0 Å². The molecule has 0 saturated heterocycles. The number of hydrogen-bond acceptors (Lipinski definition) is 6. The third-order valence-electron chi connectivity index (χ3n) is 5.30. The molecule has 0 aliphatic carbocycles. The van der Waals surface area contributed by atoms with Crippen molar-refractivity contribution >= 4 is 11.3 Å². The van der Waals surface area contributed by atoms with Crippen LogP contribution in [0.2, 0.25) is 0 Å². The van der Waals surface area contributed by atoms with Gasteiger partial charge in [0.25, 0.3) is 5.56 Å². The lowest BCUT2D eigenvalue weighted by Crippen LogP contribution is -2.33. The number of benzene rings is 1. The lowest BCUT2D eigenvalue weighted by atomic mass is 9.88. The summed E-state index contributed by atoms with van der Waals surface area (Å²) in [6.07, 6.45) is 0.692. The summed E-state index contributed by atoms with van der Waals surface area (Å²) >= 11 is 1.49. The van der Waals surface area contributed by atoms with Gasteiger partial charge in [0.1, 0.15) is 23.1 Å². The van der Waals surface area contributed by atoms with Crippen molar-refractivity contribution in [2.45, 2.75) is 25.8 Å². The summed E-state index contributed by atoms with van der Waals surface area (Å²) in [7, 11) is 1.63. The number of nitriles is 1. The fraction of sp³-hybridized carbons (Fsp3) is 0.217. The Morgan fingerprint density at radius 3 is 2.70 bits per heavy atom. The second-order valence-corrected chi connectivity index (χ2v) is 8.04. The number of nitrogens with zero attached hydrogens (tertiary/aromatic N) is 2. The summed E-state index contributed by atoms with van der Waals surface area (Å²) < 4.78 is 12.6. The maximum absolute atomic E-state index is 13.5. The lowest BCUT2D eigenvalue weighted by Gasteiger charge is -2.26. The van der Waals surface area contributed by atoms with Crippen molar-refractivity contribution in [1.29, 1.82) is 5.26 Å². The van der Waals surface area contributed by atoms with E-state index >= 15 is 0 Å². The molecule has 0 unspecified atom stereocenters. The van der Waals surface area contributed by atoms with E-state index < -0.39 is 5.92 Å². The van der Waals surface area contributed by atoms with Crippen molar-refractivity contribution < 1.29 is 9.47 Å². The molecule has 3 aromatic rings. The minimum atomic E-state index is -0.515. The Labute approximate surface area is 178 Å². The maximum Gasteiger partial charge on any atom is 0.258 e. The smallest absolute Gasteiger partial charge is 0.258 e.